The lowest BCUT2D eigenvalue weighted by Gasteiger charge is -2.51. The fourth-order valence-electron chi connectivity index (χ4n) is 4.40. The van der Waals surface area contributed by atoms with Crippen LogP contribution in [0.5, 0.6) is 23.0 Å². The van der Waals surface area contributed by atoms with E-state index in [-0.39, 0.29) is 10.6 Å². The summed E-state index contributed by atoms with van der Waals surface area (Å²) in [5.41, 5.74) is -0.318. The molecule has 1 amide bonds. The average Bonchev–Trinajstić information content (AvgIpc) is 2.76. The van der Waals surface area contributed by atoms with Crippen molar-refractivity contribution < 1.29 is 32.2 Å². The van der Waals surface area contributed by atoms with E-state index in [0.717, 1.165) is 0 Å². The summed E-state index contributed by atoms with van der Waals surface area (Å²) < 4.78 is 49.8. The minimum atomic E-state index is -4.15. The fraction of sp³-hybridized carbons (Fsp3) is 0.409. The first-order valence-electron chi connectivity index (χ1n) is 9.77. The molecule has 1 fully saturated rings. The van der Waals surface area contributed by atoms with Crippen LogP contribution in [0.4, 0.5) is 0 Å². The van der Waals surface area contributed by atoms with Crippen LogP contribution in [-0.2, 0) is 14.6 Å². The quantitative estimate of drug-likeness (QED) is 0.696. The standard InChI is InChI=1S/C22H25NO7S/c1-22-12-16(15-10-13(27-3)6-8-17(15)30-22)20(21(24)23(22)2)31(25,26)19-11-14(28-4)7-9-18(19)29-5/h6-11,16,20H,12H2,1-5H3/t16-,20+,22-/m1/s1. The van der Waals surface area contributed by atoms with Gasteiger partial charge in [0.15, 0.2) is 20.8 Å². The summed E-state index contributed by atoms with van der Waals surface area (Å²) in [4.78, 5) is 14.7. The van der Waals surface area contributed by atoms with Crippen molar-refractivity contribution in [3.8, 4) is 23.0 Å². The molecule has 0 spiro atoms. The largest absolute Gasteiger partial charge is 0.497 e. The molecule has 0 unspecified atom stereocenters. The van der Waals surface area contributed by atoms with E-state index in [9.17, 15) is 13.2 Å². The van der Waals surface area contributed by atoms with E-state index < -0.39 is 32.6 Å². The molecule has 2 bridgehead atoms. The SMILES string of the molecule is COc1ccc2c(c1)[C@H]1C[C@@](C)(O2)N(C)C(=O)[C@H]1S(=O)(=O)c1cc(OC)ccc1OC. The van der Waals surface area contributed by atoms with Crippen molar-refractivity contribution in [1.29, 1.82) is 0 Å². The number of sulfone groups is 1. The lowest BCUT2D eigenvalue weighted by molar-refractivity contribution is -0.159. The lowest BCUT2D eigenvalue weighted by Crippen LogP contribution is -2.64. The van der Waals surface area contributed by atoms with Gasteiger partial charge in [0.25, 0.3) is 0 Å². The summed E-state index contributed by atoms with van der Waals surface area (Å²) in [7, 11) is 1.79. The zero-order chi connectivity index (χ0) is 22.6. The van der Waals surface area contributed by atoms with Gasteiger partial charge in [-0.25, -0.2) is 8.42 Å². The molecule has 1 saturated heterocycles. The van der Waals surface area contributed by atoms with Crippen LogP contribution in [-0.4, -0.2) is 58.6 Å². The fourth-order valence-corrected chi connectivity index (χ4v) is 6.48. The maximum Gasteiger partial charge on any atom is 0.244 e. The zero-order valence-corrected chi connectivity index (χ0v) is 18.9. The first kappa shape index (κ1) is 21.3. The van der Waals surface area contributed by atoms with E-state index >= 15 is 0 Å². The molecule has 0 aromatic heterocycles. The second-order valence-electron chi connectivity index (χ2n) is 7.87. The van der Waals surface area contributed by atoms with Crippen molar-refractivity contribution in [2.75, 3.05) is 28.4 Å². The number of methoxy groups -OCH3 is 3. The first-order chi connectivity index (χ1) is 14.7. The number of nitrogens with zero attached hydrogens (tertiary/aromatic N) is 1. The van der Waals surface area contributed by atoms with Crippen LogP contribution in [0.15, 0.2) is 41.3 Å². The van der Waals surface area contributed by atoms with E-state index in [2.05, 4.69) is 0 Å². The highest BCUT2D eigenvalue weighted by Crippen LogP contribution is 2.51. The number of hydrogen-bond acceptors (Lipinski definition) is 7. The van der Waals surface area contributed by atoms with Crippen LogP contribution < -0.4 is 18.9 Å². The number of benzene rings is 2. The number of hydrogen-bond donors (Lipinski definition) is 0. The average molecular weight is 448 g/mol. The molecule has 9 heteroatoms. The summed E-state index contributed by atoms with van der Waals surface area (Å²) in [6.45, 7) is 1.79. The molecule has 2 aliphatic rings. The third-order valence-electron chi connectivity index (χ3n) is 6.21. The van der Waals surface area contributed by atoms with Crippen LogP contribution in [0, 0.1) is 0 Å². The Morgan fingerprint density at radius 1 is 1.03 bits per heavy atom. The number of rotatable bonds is 5. The predicted octanol–water partition coefficient (Wildman–Crippen LogP) is 2.61. The van der Waals surface area contributed by atoms with Crippen molar-refractivity contribution in [2.24, 2.45) is 0 Å². The molecular formula is C22H25NO7S. The van der Waals surface area contributed by atoms with E-state index in [1.807, 2.05) is 0 Å². The van der Waals surface area contributed by atoms with E-state index in [1.54, 1.807) is 38.2 Å². The molecule has 2 aromatic carbocycles. The van der Waals surface area contributed by atoms with Crippen molar-refractivity contribution in [3.63, 3.8) is 0 Å². The molecule has 8 nitrogen and oxygen atoms in total. The van der Waals surface area contributed by atoms with Crippen LogP contribution >= 0.6 is 0 Å². The van der Waals surface area contributed by atoms with E-state index in [4.69, 9.17) is 18.9 Å². The number of ether oxygens (including phenoxy) is 4. The molecule has 31 heavy (non-hydrogen) atoms. The Kier molecular flexibility index (Phi) is 5.04. The molecular weight excluding hydrogens is 422 g/mol. The van der Waals surface area contributed by atoms with Gasteiger partial charge in [-0.3, -0.25) is 4.79 Å². The topological polar surface area (TPSA) is 91.4 Å². The molecule has 166 valence electrons. The third kappa shape index (κ3) is 3.18. The number of carbonyl (C=O) groups excluding carboxylic acids is 1. The second-order valence-corrected chi connectivity index (χ2v) is 9.91. The van der Waals surface area contributed by atoms with Crippen molar-refractivity contribution >= 4 is 15.7 Å². The van der Waals surface area contributed by atoms with Gasteiger partial charge in [0.1, 0.15) is 27.9 Å². The molecule has 0 aliphatic carbocycles. The lowest BCUT2D eigenvalue weighted by atomic mass is 9.80. The summed E-state index contributed by atoms with van der Waals surface area (Å²) >= 11 is 0. The van der Waals surface area contributed by atoms with Crippen molar-refractivity contribution in [1.82, 2.24) is 4.90 Å². The van der Waals surface area contributed by atoms with Gasteiger partial charge in [-0.1, -0.05) is 0 Å². The predicted molar refractivity (Wildman–Crippen MR) is 113 cm³/mol. The molecule has 4 rings (SSSR count). The molecule has 2 heterocycles. The van der Waals surface area contributed by atoms with Gasteiger partial charge < -0.3 is 23.8 Å². The molecule has 2 aromatic rings. The highest BCUT2D eigenvalue weighted by Gasteiger charge is 2.57. The van der Waals surface area contributed by atoms with Crippen molar-refractivity contribution in [2.45, 2.75) is 35.1 Å². The maximum atomic E-state index is 13.9. The molecule has 0 saturated carbocycles. The number of carbonyl (C=O) groups is 1. The highest BCUT2D eigenvalue weighted by molar-refractivity contribution is 7.93. The van der Waals surface area contributed by atoms with Gasteiger partial charge in [-0.05, 0) is 37.3 Å². The zero-order valence-electron chi connectivity index (χ0n) is 18.0. The second kappa shape index (κ2) is 7.33. The van der Waals surface area contributed by atoms with Crippen LogP contribution in [0.2, 0.25) is 0 Å². The van der Waals surface area contributed by atoms with Gasteiger partial charge in [-0.2, -0.15) is 0 Å². The number of fused-ring (bicyclic) bond motifs is 4. The van der Waals surface area contributed by atoms with Crippen LogP contribution in [0.25, 0.3) is 0 Å². The Bertz CT molecular complexity index is 1150. The Morgan fingerprint density at radius 3 is 2.32 bits per heavy atom. The van der Waals surface area contributed by atoms with Crippen LogP contribution in [0.1, 0.15) is 24.8 Å². The van der Waals surface area contributed by atoms with Gasteiger partial charge in [0.2, 0.25) is 5.91 Å². The minimum Gasteiger partial charge on any atom is -0.497 e. The van der Waals surface area contributed by atoms with Crippen molar-refractivity contribution in [3.05, 3.63) is 42.0 Å². The normalized spacial score (nSPS) is 24.8. The Hall–Kier alpha value is -2.94. The molecule has 3 atom stereocenters. The smallest absolute Gasteiger partial charge is 0.244 e. The van der Waals surface area contributed by atoms with Gasteiger partial charge in [0.05, 0.1) is 21.3 Å². The Labute approximate surface area is 181 Å². The summed E-state index contributed by atoms with van der Waals surface area (Å²) in [6, 6.07) is 9.76. The number of piperidine rings is 1. The third-order valence-corrected chi connectivity index (χ3v) is 8.34. The van der Waals surface area contributed by atoms with Gasteiger partial charge >= 0.3 is 0 Å². The molecule has 2 aliphatic heterocycles. The van der Waals surface area contributed by atoms with Gasteiger partial charge in [0, 0.05) is 31.0 Å². The first-order valence-corrected chi connectivity index (χ1v) is 11.3. The van der Waals surface area contributed by atoms with Crippen LogP contribution in [0.3, 0.4) is 0 Å². The van der Waals surface area contributed by atoms with Gasteiger partial charge in [-0.15, -0.1) is 0 Å². The molecule has 0 radical (unpaired) electrons. The highest BCUT2D eigenvalue weighted by atomic mass is 32.2. The summed E-state index contributed by atoms with van der Waals surface area (Å²) in [6.07, 6.45) is 0.325. The Balaban J connectivity index is 1.92. The summed E-state index contributed by atoms with van der Waals surface area (Å²) in [5.74, 6) is 0.465. The minimum absolute atomic E-state index is 0.0827. The Morgan fingerprint density at radius 2 is 1.68 bits per heavy atom. The van der Waals surface area contributed by atoms with E-state index in [1.165, 1.54) is 38.4 Å². The summed E-state index contributed by atoms with van der Waals surface area (Å²) in [5, 5.41) is -1.35. The van der Waals surface area contributed by atoms with E-state index in [0.29, 0.717) is 29.2 Å². The monoisotopic (exact) mass is 447 g/mol. The molecule has 0 N–H and O–H groups in total. The number of amides is 1. The number of likely N-dealkylation sites (tertiary alicyclic amines) is 1. The maximum absolute atomic E-state index is 13.9.